The normalized spacial score (nSPS) is 15.4. The van der Waals surface area contributed by atoms with Gasteiger partial charge in [-0.2, -0.15) is 0 Å². The number of likely N-dealkylation sites (N-methyl/N-ethyl adjacent to an activating group) is 1. The summed E-state index contributed by atoms with van der Waals surface area (Å²) in [6, 6.07) is 0.136. The van der Waals surface area contributed by atoms with E-state index in [1.807, 2.05) is 25.8 Å². The van der Waals surface area contributed by atoms with Crippen LogP contribution in [0.4, 0.5) is 0 Å². The number of hydrogen-bond donors (Lipinski definition) is 2. The molecule has 0 aliphatic carbocycles. The second kappa shape index (κ2) is 6.83. The molecule has 0 aromatic heterocycles. The monoisotopic (exact) mass is 232 g/mol. The number of aliphatic carboxylic acids is 1. The Balaban J connectivity index is 4.37. The summed E-state index contributed by atoms with van der Waals surface area (Å²) in [5, 5.41) is 12.3. The van der Waals surface area contributed by atoms with Crippen molar-refractivity contribution in [3.05, 3.63) is 0 Å². The second-order valence-corrected chi connectivity index (χ2v) is 4.67. The lowest BCUT2D eigenvalue weighted by atomic mass is 10.0. The summed E-state index contributed by atoms with van der Waals surface area (Å²) in [4.78, 5) is 13.2. The predicted molar refractivity (Wildman–Crippen MR) is 63.7 cm³/mol. The third-order valence-electron chi connectivity index (χ3n) is 2.34. The van der Waals surface area contributed by atoms with E-state index in [4.69, 9.17) is 4.74 Å². The number of nitrogens with one attached hydrogen (secondary N) is 1. The molecule has 0 saturated carbocycles. The van der Waals surface area contributed by atoms with Crippen molar-refractivity contribution in [3.63, 3.8) is 0 Å². The van der Waals surface area contributed by atoms with E-state index in [-0.39, 0.29) is 6.04 Å². The molecule has 96 valence electrons. The minimum Gasteiger partial charge on any atom is -0.480 e. The Hall–Kier alpha value is -0.650. The Bertz CT molecular complexity index is 221. The maximum atomic E-state index is 11.2. The van der Waals surface area contributed by atoms with Crippen LogP contribution >= 0.6 is 0 Å². The van der Waals surface area contributed by atoms with E-state index in [0.717, 1.165) is 6.54 Å². The number of nitrogens with zero attached hydrogens (tertiary/aromatic N) is 1. The van der Waals surface area contributed by atoms with Crippen molar-refractivity contribution in [1.82, 2.24) is 10.2 Å². The first kappa shape index (κ1) is 15.3. The van der Waals surface area contributed by atoms with Crippen LogP contribution in [0, 0.1) is 0 Å². The Labute approximate surface area is 97.8 Å². The summed E-state index contributed by atoms with van der Waals surface area (Å²) in [6.07, 6.45) is 0. The van der Waals surface area contributed by atoms with Gasteiger partial charge in [-0.1, -0.05) is 0 Å². The predicted octanol–water partition coefficient (Wildman–Crippen LogP) is 0.406. The van der Waals surface area contributed by atoms with Crippen LogP contribution in [0.1, 0.15) is 20.8 Å². The first-order chi connectivity index (χ1) is 7.31. The summed E-state index contributed by atoms with van der Waals surface area (Å²) in [6.45, 7) is 7.36. The lowest BCUT2D eigenvalue weighted by molar-refractivity contribution is -0.145. The fourth-order valence-corrected chi connectivity index (χ4v) is 1.68. The summed E-state index contributed by atoms with van der Waals surface area (Å²) in [5.74, 6) is -0.828. The molecule has 5 heteroatoms. The standard InChI is InChI=1S/C11H24N2O3/c1-9(2)12-11(3,10(14)15)8-13(4)6-7-16-5/h9,12H,6-8H2,1-5H3,(H,14,15). The molecule has 0 rings (SSSR count). The van der Waals surface area contributed by atoms with Crippen LogP contribution in [-0.4, -0.2) is 61.4 Å². The van der Waals surface area contributed by atoms with Gasteiger partial charge >= 0.3 is 5.97 Å². The average Bonchev–Trinajstić information content (AvgIpc) is 2.12. The molecule has 1 atom stereocenters. The molecule has 0 fully saturated rings. The molecule has 0 aromatic rings. The lowest BCUT2D eigenvalue weighted by Gasteiger charge is -2.32. The third-order valence-corrected chi connectivity index (χ3v) is 2.34. The Kier molecular flexibility index (Phi) is 6.55. The Morgan fingerprint density at radius 2 is 2.12 bits per heavy atom. The van der Waals surface area contributed by atoms with Crippen LogP contribution < -0.4 is 5.32 Å². The van der Waals surface area contributed by atoms with Gasteiger partial charge in [-0.05, 0) is 27.8 Å². The SMILES string of the molecule is COCCN(C)CC(C)(NC(C)C)C(=O)O. The Morgan fingerprint density at radius 3 is 2.50 bits per heavy atom. The largest absolute Gasteiger partial charge is 0.480 e. The topological polar surface area (TPSA) is 61.8 Å². The zero-order valence-corrected chi connectivity index (χ0v) is 10.9. The molecule has 0 saturated heterocycles. The molecule has 0 radical (unpaired) electrons. The quantitative estimate of drug-likeness (QED) is 0.634. The maximum Gasteiger partial charge on any atom is 0.324 e. The van der Waals surface area contributed by atoms with Gasteiger partial charge in [0, 0.05) is 26.2 Å². The highest BCUT2D eigenvalue weighted by molar-refractivity contribution is 5.78. The number of methoxy groups -OCH3 is 1. The molecule has 0 amide bonds. The van der Waals surface area contributed by atoms with Crippen molar-refractivity contribution >= 4 is 5.97 Å². The van der Waals surface area contributed by atoms with Gasteiger partial charge < -0.3 is 14.7 Å². The third kappa shape index (κ3) is 5.44. The van der Waals surface area contributed by atoms with E-state index in [9.17, 15) is 9.90 Å². The van der Waals surface area contributed by atoms with Gasteiger partial charge in [-0.3, -0.25) is 10.1 Å². The van der Waals surface area contributed by atoms with Crippen LogP contribution in [0.2, 0.25) is 0 Å². The zero-order valence-electron chi connectivity index (χ0n) is 10.9. The van der Waals surface area contributed by atoms with Gasteiger partial charge in [0.25, 0.3) is 0 Å². The van der Waals surface area contributed by atoms with Gasteiger partial charge in [-0.15, -0.1) is 0 Å². The van der Waals surface area contributed by atoms with Crippen LogP contribution in [-0.2, 0) is 9.53 Å². The van der Waals surface area contributed by atoms with Crippen LogP contribution in [0.5, 0.6) is 0 Å². The number of carboxylic acids is 1. The van der Waals surface area contributed by atoms with E-state index >= 15 is 0 Å². The highest BCUT2D eigenvalue weighted by Crippen LogP contribution is 2.08. The van der Waals surface area contributed by atoms with Crippen LogP contribution in [0.25, 0.3) is 0 Å². The van der Waals surface area contributed by atoms with Gasteiger partial charge in [0.2, 0.25) is 0 Å². The summed E-state index contributed by atoms with van der Waals surface area (Å²) < 4.78 is 4.96. The molecule has 16 heavy (non-hydrogen) atoms. The highest BCUT2D eigenvalue weighted by atomic mass is 16.5. The van der Waals surface area contributed by atoms with Crippen molar-refractivity contribution in [2.75, 3.05) is 33.9 Å². The fourth-order valence-electron chi connectivity index (χ4n) is 1.68. The number of carboxylic acid groups (broad SMARTS) is 1. The first-order valence-corrected chi connectivity index (χ1v) is 5.50. The molecule has 0 aromatic carbocycles. The summed E-state index contributed by atoms with van der Waals surface area (Å²) in [5.41, 5.74) is -0.920. The number of ether oxygens (including phenoxy) is 1. The molecule has 0 aliphatic heterocycles. The smallest absolute Gasteiger partial charge is 0.324 e. The average molecular weight is 232 g/mol. The van der Waals surface area contributed by atoms with E-state index in [0.29, 0.717) is 13.2 Å². The van der Waals surface area contributed by atoms with Crippen LogP contribution in [0.3, 0.4) is 0 Å². The minimum absolute atomic E-state index is 0.136. The fraction of sp³-hybridized carbons (Fsp3) is 0.909. The summed E-state index contributed by atoms with van der Waals surface area (Å²) >= 11 is 0. The van der Waals surface area contributed by atoms with Gasteiger partial charge in [0.1, 0.15) is 5.54 Å². The minimum atomic E-state index is -0.920. The first-order valence-electron chi connectivity index (χ1n) is 5.50. The van der Waals surface area contributed by atoms with E-state index in [1.54, 1.807) is 14.0 Å². The Morgan fingerprint density at radius 1 is 1.56 bits per heavy atom. The second-order valence-electron chi connectivity index (χ2n) is 4.67. The lowest BCUT2D eigenvalue weighted by Crippen LogP contribution is -2.58. The zero-order chi connectivity index (χ0) is 12.8. The van der Waals surface area contributed by atoms with Crippen molar-refractivity contribution in [1.29, 1.82) is 0 Å². The summed E-state index contributed by atoms with van der Waals surface area (Å²) in [7, 11) is 3.53. The molecule has 1 unspecified atom stereocenters. The number of rotatable bonds is 8. The molecule has 0 aliphatic rings. The van der Waals surface area contributed by atoms with Crippen molar-refractivity contribution in [3.8, 4) is 0 Å². The molecule has 0 heterocycles. The molecule has 0 spiro atoms. The number of carbonyl (C=O) groups is 1. The van der Waals surface area contributed by atoms with Crippen molar-refractivity contribution in [2.24, 2.45) is 0 Å². The molecule has 0 bridgehead atoms. The van der Waals surface area contributed by atoms with Gasteiger partial charge in [0.15, 0.2) is 0 Å². The van der Waals surface area contributed by atoms with Crippen LogP contribution in [0.15, 0.2) is 0 Å². The molecule has 2 N–H and O–H groups in total. The van der Waals surface area contributed by atoms with E-state index in [1.165, 1.54) is 0 Å². The maximum absolute atomic E-state index is 11.2. The molecular weight excluding hydrogens is 208 g/mol. The van der Waals surface area contributed by atoms with Gasteiger partial charge in [0.05, 0.1) is 6.61 Å². The van der Waals surface area contributed by atoms with Crippen molar-refractivity contribution in [2.45, 2.75) is 32.4 Å². The molecule has 5 nitrogen and oxygen atoms in total. The van der Waals surface area contributed by atoms with E-state index < -0.39 is 11.5 Å². The number of hydrogen-bond acceptors (Lipinski definition) is 4. The highest BCUT2D eigenvalue weighted by Gasteiger charge is 2.34. The van der Waals surface area contributed by atoms with E-state index in [2.05, 4.69) is 5.32 Å². The van der Waals surface area contributed by atoms with Crippen molar-refractivity contribution < 1.29 is 14.6 Å². The molecular formula is C11H24N2O3. The van der Waals surface area contributed by atoms with Gasteiger partial charge in [-0.25, -0.2) is 0 Å².